The molecule has 0 saturated carbocycles. The van der Waals surface area contributed by atoms with Crippen LogP contribution in [0.3, 0.4) is 0 Å². The van der Waals surface area contributed by atoms with Crippen molar-refractivity contribution in [3.8, 4) is 0 Å². The summed E-state index contributed by atoms with van der Waals surface area (Å²) in [5.74, 6) is 0. The van der Waals surface area contributed by atoms with Crippen LogP contribution in [0.25, 0.3) is 10.8 Å². The largest absolute Gasteiger partial charge is 0.714 e. The quantitative estimate of drug-likeness (QED) is 0.500. The van der Waals surface area contributed by atoms with E-state index >= 15 is 0 Å². The van der Waals surface area contributed by atoms with Gasteiger partial charge in [0.15, 0.2) is 0 Å². The summed E-state index contributed by atoms with van der Waals surface area (Å²) in [7, 11) is 1.38. The summed E-state index contributed by atoms with van der Waals surface area (Å²) in [6.45, 7) is 0. The molecule has 0 fully saturated rings. The van der Waals surface area contributed by atoms with Crippen LogP contribution in [0, 0.1) is 0 Å². The molecule has 0 radical (unpaired) electrons. The zero-order valence-electron chi connectivity index (χ0n) is 6.36. The van der Waals surface area contributed by atoms with Crippen molar-refractivity contribution in [3.63, 3.8) is 0 Å². The van der Waals surface area contributed by atoms with E-state index in [9.17, 15) is 0 Å². The highest BCUT2D eigenvalue weighted by atomic mass is 33.1. The van der Waals surface area contributed by atoms with Gasteiger partial charge in [-0.1, -0.05) is 36.4 Å². The number of hydrogen-bond donors (Lipinski definition) is 0. The molecule has 2 rings (SSSR count). The summed E-state index contributed by atoms with van der Waals surface area (Å²) < 4.78 is 0. The van der Waals surface area contributed by atoms with Crippen LogP contribution in [-0.4, -0.2) is 0 Å². The third-order valence-corrected chi connectivity index (χ3v) is 2.91. The maximum Gasteiger partial charge on any atom is -0.00667 e. The third-order valence-electron chi connectivity index (χ3n) is 1.84. The highest BCUT2D eigenvalue weighted by Crippen LogP contribution is 2.25. The minimum Gasteiger partial charge on any atom is -0.714 e. The molecule has 0 atom stereocenters. The van der Waals surface area contributed by atoms with Crippen LogP contribution in [-0.2, 0) is 11.7 Å². The zero-order chi connectivity index (χ0) is 8.39. The van der Waals surface area contributed by atoms with Crippen LogP contribution in [0.5, 0.6) is 0 Å². The average molecular weight is 191 g/mol. The average Bonchev–Trinajstić information content (AvgIpc) is 2.17. The SMILES string of the molecule is [S-]Sc1cccc2ccccc12. The van der Waals surface area contributed by atoms with Gasteiger partial charge in [0.1, 0.15) is 0 Å². The fraction of sp³-hybridized carbons (Fsp3) is 0. The second-order valence-electron chi connectivity index (χ2n) is 2.56. The van der Waals surface area contributed by atoms with Crippen LogP contribution in [0.15, 0.2) is 47.4 Å². The van der Waals surface area contributed by atoms with Gasteiger partial charge in [-0.2, -0.15) is 0 Å². The summed E-state index contributed by atoms with van der Waals surface area (Å²) in [5.41, 5.74) is 0. The summed E-state index contributed by atoms with van der Waals surface area (Å²) in [4.78, 5) is 1.17. The van der Waals surface area contributed by atoms with E-state index in [4.69, 9.17) is 11.7 Å². The van der Waals surface area contributed by atoms with Gasteiger partial charge in [0.05, 0.1) is 0 Å². The Kier molecular flexibility index (Phi) is 2.28. The molecule has 0 saturated heterocycles. The Labute approximate surface area is 80.8 Å². The predicted octanol–water partition coefficient (Wildman–Crippen LogP) is 3.39. The minimum atomic E-state index is 1.17. The van der Waals surface area contributed by atoms with E-state index in [1.165, 1.54) is 26.5 Å². The number of rotatable bonds is 1. The summed E-state index contributed by atoms with van der Waals surface area (Å²) >= 11 is 4.96. The molecule has 0 aliphatic heterocycles. The smallest absolute Gasteiger partial charge is 0.00667 e. The van der Waals surface area contributed by atoms with Gasteiger partial charge in [-0.25, -0.2) is 0 Å². The molecule has 0 nitrogen and oxygen atoms in total. The molecule has 0 unspecified atom stereocenters. The molecule has 0 N–H and O–H groups in total. The van der Waals surface area contributed by atoms with Crippen molar-refractivity contribution < 1.29 is 0 Å². The molecule has 2 aromatic rings. The summed E-state index contributed by atoms with van der Waals surface area (Å²) in [5, 5.41) is 2.51. The topological polar surface area (TPSA) is 0 Å². The van der Waals surface area contributed by atoms with Gasteiger partial charge < -0.3 is 11.7 Å². The van der Waals surface area contributed by atoms with Crippen LogP contribution in [0.2, 0.25) is 0 Å². The second kappa shape index (κ2) is 3.42. The van der Waals surface area contributed by atoms with Crippen LogP contribution in [0.1, 0.15) is 0 Å². The molecule has 0 aromatic heterocycles. The molecule has 0 heterocycles. The van der Waals surface area contributed by atoms with Gasteiger partial charge in [0.2, 0.25) is 0 Å². The highest BCUT2D eigenvalue weighted by molar-refractivity contribution is 8.59. The molecule has 0 aliphatic carbocycles. The fourth-order valence-corrected chi connectivity index (χ4v) is 2.11. The van der Waals surface area contributed by atoms with Gasteiger partial charge in [-0.15, -0.1) is 0 Å². The maximum absolute atomic E-state index is 4.96. The van der Waals surface area contributed by atoms with Crippen LogP contribution in [0.4, 0.5) is 0 Å². The highest BCUT2D eigenvalue weighted by Gasteiger charge is 1.93. The Morgan fingerprint density at radius 1 is 0.917 bits per heavy atom. The normalized spacial score (nSPS) is 10.4. The number of hydrogen-bond acceptors (Lipinski definition) is 2. The monoisotopic (exact) mass is 191 g/mol. The summed E-state index contributed by atoms with van der Waals surface area (Å²) in [6.07, 6.45) is 0. The lowest BCUT2D eigenvalue weighted by atomic mass is 10.1. The second-order valence-corrected chi connectivity index (χ2v) is 3.67. The molecular weight excluding hydrogens is 184 g/mol. The van der Waals surface area contributed by atoms with Gasteiger partial charge in [0.25, 0.3) is 0 Å². The van der Waals surface area contributed by atoms with Crippen molar-refractivity contribution in [2.45, 2.75) is 4.90 Å². The van der Waals surface area contributed by atoms with E-state index in [1.54, 1.807) is 0 Å². The minimum absolute atomic E-state index is 1.17. The van der Waals surface area contributed by atoms with Crippen molar-refractivity contribution in [3.05, 3.63) is 42.5 Å². The van der Waals surface area contributed by atoms with Gasteiger partial charge in [-0.05, 0) is 21.7 Å². The van der Waals surface area contributed by atoms with E-state index < -0.39 is 0 Å². The van der Waals surface area contributed by atoms with Gasteiger partial charge in [0, 0.05) is 0 Å². The fourth-order valence-electron chi connectivity index (χ4n) is 1.27. The van der Waals surface area contributed by atoms with E-state index in [0.29, 0.717) is 0 Å². The molecule has 0 aliphatic rings. The van der Waals surface area contributed by atoms with E-state index in [0.717, 1.165) is 0 Å². The molecule has 0 spiro atoms. The molecule has 12 heavy (non-hydrogen) atoms. The van der Waals surface area contributed by atoms with Crippen molar-refractivity contribution in [1.29, 1.82) is 0 Å². The van der Waals surface area contributed by atoms with Gasteiger partial charge >= 0.3 is 0 Å². The summed E-state index contributed by atoms with van der Waals surface area (Å²) in [6, 6.07) is 14.5. The molecule has 2 aromatic carbocycles. The first kappa shape index (κ1) is 8.02. The molecule has 2 heteroatoms. The maximum atomic E-state index is 4.96. The van der Waals surface area contributed by atoms with E-state index in [1.807, 2.05) is 18.2 Å². The van der Waals surface area contributed by atoms with Crippen LogP contribution >= 0.6 is 10.8 Å². The van der Waals surface area contributed by atoms with Crippen molar-refractivity contribution in [1.82, 2.24) is 0 Å². The molecule has 0 amide bonds. The lowest BCUT2D eigenvalue weighted by Crippen LogP contribution is -1.74. The Hall–Kier alpha value is -0.600. The molecular formula is C10H7S2-. The van der Waals surface area contributed by atoms with E-state index in [-0.39, 0.29) is 0 Å². The lowest BCUT2D eigenvalue weighted by molar-refractivity contribution is 1.56. The lowest BCUT2D eigenvalue weighted by Gasteiger charge is -2.08. The predicted molar refractivity (Wildman–Crippen MR) is 57.2 cm³/mol. The van der Waals surface area contributed by atoms with Gasteiger partial charge in [-0.3, -0.25) is 10.8 Å². The Morgan fingerprint density at radius 2 is 1.67 bits per heavy atom. The standard InChI is InChI=1S/C10H8S2/c11-12-10-7-3-5-8-4-1-2-6-9(8)10/h1-7,11H/p-1. The molecule has 0 bridgehead atoms. The number of fused-ring (bicyclic) bond motifs is 1. The first-order valence-corrected chi connectivity index (χ1v) is 5.43. The molecule has 60 valence electrons. The Bertz CT molecular complexity index is 390. The van der Waals surface area contributed by atoms with Crippen LogP contribution < -0.4 is 0 Å². The van der Waals surface area contributed by atoms with E-state index in [2.05, 4.69) is 24.3 Å². The van der Waals surface area contributed by atoms with Crippen molar-refractivity contribution in [2.24, 2.45) is 0 Å². The zero-order valence-corrected chi connectivity index (χ0v) is 7.99. The van der Waals surface area contributed by atoms with Crippen molar-refractivity contribution >= 4 is 33.2 Å². The van der Waals surface area contributed by atoms with Crippen molar-refractivity contribution in [2.75, 3.05) is 0 Å². The third kappa shape index (κ3) is 1.32. The number of benzene rings is 2. The Morgan fingerprint density at radius 3 is 2.50 bits per heavy atom. The first-order valence-electron chi connectivity index (χ1n) is 3.69. The Balaban J connectivity index is 2.79. The first-order chi connectivity index (χ1) is 5.92.